The topological polar surface area (TPSA) is 175 Å². The average molecular weight is 869 g/mol. The molecule has 0 spiro atoms. The molecule has 6 atom stereocenters. The number of nitrogens with one attached hydrogen (secondary N) is 4. The zero-order valence-electron chi connectivity index (χ0n) is 37.6. The Hall–Kier alpha value is -6.54. The number of alkyl carbamates (subject to hydrolysis) is 1. The first-order chi connectivity index (χ1) is 31.0. The number of hydrogen-bond donors (Lipinski definition) is 4. The Morgan fingerprint density at radius 1 is 0.844 bits per heavy atom. The van der Waals surface area contributed by atoms with E-state index in [1.165, 1.54) is 7.11 Å². The molecule has 3 heterocycles. The molecule has 4 N–H and O–H groups in total. The van der Waals surface area contributed by atoms with Crippen LogP contribution in [0.5, 0.6) is 0 Å². The molecule has 336 valence electrons. The van der Waals surface area contributed by atoms with Gasteiger partial charge in [-0.3, -0.25) is 14.4 Å². The van der Waals surface area contributed by atoms with Gasteiger partial charge in [-0.15, -0.1) is 0 Å². The van der Waals surface area contributed by atoms with Gasteiger partial charge in [-0.2, -0.15) is 0 Å². The second-order valence-electron chi connectivity index (χ2n) is 17.0. The van der Waals surface area contributed by atoms with Crippen molar-refractivity contribution in [2.24, 2.45) is 17.8 Å². The molecule has 7 rings (SSSR count). The minimum Gasteiger partial charge on any atom is -0.453 e. The van der Waals surface area contributed by atoms with E-state index in [1.807, 2.05) is 82.3 Å². The molecule has 4 amide bonds. The minimum absolute atomic E-state index is 0.0511. The highest BCUT2D eigenvalue weighted by Gasteiger charge is 2.44. The van der Waals surface area contributed by atoms with Gasteiger partial charge in [0.15, 0.2) is 0 Å². The van der Waals surface area contributed by atoms with Crippen LogP contribution in [0, 0.1) is 17.8 Å². The SMILES string of the molecule is C=C1C(COC)CN(C(=O)C(NC(=O)C2CC2)c2ccccc2)C1c1ncc(-c2ccc(-c3ccc(-c4cnc(C(C)N(CCC)C(=O)C(NC(=O)OC)C(C)CC)[nH]4)cc3)cc2)[nH]1. The number of ether oxygens (including phenoxy) is 2. The molecule has 64 heavy (non-hydrogen) atoms. The van der Waals surface area contributed by atoms with E-state index < -0.39 is 24.2 Å². The summed E-state index contributed by atoms with van der Waals surface area (Å²) < 4.78 is 10.4. The first-order valence-electron chi connectivity index (χ1n) is 22.3. The molecule has 2 fully saturated rings. The number of aromatic amines is 2. The number of imidazole rings is 2. The largest absolute Gasteiger partial charge is 0.453 e. The molecule has 0 radical (unpaired) electrons. The molecule has 6 unspecified atom stereocenters. The molecule has 0 bridgehead atoms. The third-order valence-corrected chi connectivity index (χ3v) is 12.6. The van der Waals surface area contributed by atoms with Gasteiger partial charge < -0.3 is 39.9 Å². The Morgan fingerprint density at radius 3 is 2.03 bits per heavy atom. The quantitative estimate of drug-likeness (QED) is 0.0638. The monoisotopic (exact) mass is 868 g/mol. The van der Waals surface area contributed by atoms with Gasteiger partial charge in [-0.1, -0.05) is 113 Å². The first kappa shape index (κ1) is 45.5. The molecule has 1 saturated heterocycles. The maximum Gasteiger partial charge on any atom is 0.407 e. The number of aromatic nitrogens is 4. The van der Waals surface area contributed by atoms with E-state index in [2.05, 4.69) is 56.4 Å². The van der Waals surface area contributed by atoms with Gasteiger partial charge in [0.05, 0.1) is 43.5 Å². The van der Waals surface area contributed by atoms with Crippen LogP contribution in [0.25, 0.3) is 33.6 Å². The number of hydrogen-bond acceptors (Lipinski definition) is 8. The van der Waals surface area contributed by atoms with Crippen LogP contribution in [0.3, 0.4) is 0 Å². The second-order valence-corrected chi connectivity index (χ2v) is 17.0. The Morgan fingerprint density at radius 2 is 1.45 bits per heavy atom. The summed E-state index contributed by atoms with van der Waals surface area (Å²) in [7, 11) is 2.93. The van der Waals surface area contributed by atoms with Crippen LogP contribution in [-0.2, 0) is 23.9 Å². The summed E-state index contributed by atoms with van der Waals surface area (Å²) in [6.45, 7) is 13.6. The minimum atomic E-state index is -0.840. The maximum absolute atomic E-state index is 14.5. The summed E-state index contributed by atoms with van der Waals surface area (Å²) in [4.78, 5) is 73.5. The highest BCUT2D eigenvalue weighted by atomic mass is 16.5. The molecule has 3 aromatic carbocycles. The van der Waals surface area contributed by atoms with Crippen LogP contribution in [-0.4, -0.2) is 93.5 Å². The third-order valence-electron chi connectivity index (χ3n) is 12.6. The number of H-pyrrole nitrogens is 2. The van der Waals surface area contributed by atoms with Crippen molar-refractivity contribution in [2.75, 3.05) is 33.9 Å². The maximum atomic E-state index is 14.5. The highest BCUT2D eigenvalue weighted by Crippen LogP contribution is 2.41. The normalized spacial score (nSPS) is 17.9. The van der Waals surface area contributed by atoms with Gasteiger partial charge in [0.2, 0.25) is 11.8 Å². The second kappa shape index (κ2) is 20.3. The van der Waals surface area contributed by atoms with Gasteiger partial charge in [0.1, 0.15) is 29.8 Å². The fourth-order valence-electron chi connectivity index (χ4n) is 8.42. The predicted octanol–water partition coefficient (Wildman–Crippen LogP) is 8.17. The van der Waals surface area contributed by atoms with E-state index in [4.69, 9.17) is 14.5 Å². The fraction of sp³-hybridized carbons (Fsp3) is 0.400. The van der Waals surface area contributed by atoms with Crippen molar-refractivity contribution >= 4 is 23.8 Å². The number of carbonyl (C=O) groups excluding carboxylic acids is 4. The first-order valence-corrected chi connectivity index (χ1v) is 22.3. The predicted molar refractivity (Wildman–Crippen MR) is 245 cm³/mol. The van der Waals surface area contributed by atoms with E-state index in [-0.39, 0.29) is 41.5 Å². The van der Waals surface area contributed by atoms with E-state index in [9.17, 15) is 19.2 Å². The summed E-state index contributed by atoms with van der Waals surface area (Å²) in [5.74, 6) is 0.513. The summed E-state index contributed by atoms with van der Waals surface area (Å²) in [5, 5.41) is 5.79. The molecular formula is C50H60N8O6. The van der Waals surface area contributed by atoms with Crippen molar-refractivity contribution in [3.8, 4) is 33.6 Å². The van der Waals surface area contributed by atoms with Crippen molar-refractivity contribution in [3.05, 3.63) is 121 Å². The number of amides is 4. The van der Waals surface area contributed by atoms with Crippen molar-refractivity contribution in [1.82, 2.24) is 40.4 Å². The summed E-state index contributed by atoms with van der Waals surface area (Å²) >= 11 is 0. The van der Waals surface area contributed by atoms with E-state index in [1.54, 1.807) is 29.3 Å². The number of rotatable bonds is 18. The molecular weight excluding hydrogens is 809 g/mol. The van der Waals surface area contributed by atoms with E-state index in [0.717, 1.165) is 64.0 Å². The Labute approximate surface area is 375 Å². The fourth-order valence-corrected chi connectivity index (χ4v) is 8.42. The lowest BCUT2D eigenvalue weighted by Gasteiger charge is -2.33. The number of carbonyl (C=O) groups is 4. The molecule has 5 aromatic rings. The lowest BCUT2D eigenvalue weighted by atomic mass is 9.97. The molecule has 1 aliphatic heterocycles. The van der Waals surface area contributed by atoms with Crippen molar-refractivity contribution in [2.45, 2.75) is 77.5 Å². The van der Waals surface area contributed by atoms with Crippen LogP contribution >= 0.6 is 0 Å². The van der Waals surface area contributed by atoms with Gasteiger partial charge in [0, 0.05) is 32.0 Å². The summed E-state index contributed by atoms with van der Waals surface area (Å²) in [5.41, 5.74) is 7.11. The smallest absolute Gasteiger partial charge is 0.407 e. The Balaban J connectivity index is 1.05. The highest BCUT2D eigenvalue weighted by molar-refractivity contribution is 5.91. The van der Waals surface area contributed by atoms with Crippen LogP contribution in [0.15, 0.2) is 103 Å². The van der Waals surface area contributed by atoms with E-state index in [0.29, 0.717) is 37.8 Å². The van der Waals surface area contributed by atoms with Crippen molar-refractivity contribution < 1.29 is 28.7 Å². The van der Waals surface area contributed by atoms with Crippen LogP contribution in [0.1, 0.15) is 88.7 Å². The zero-order chi connectivity index (χ0) is 45.5. The number of benzene rings is 3. The van der Waals surface area contributed by atoms with Crippen LogP contribution in [0.2, 0.25) is 0 Å². The number of likely N-dealkylation sites (tertiary alicyclic amines) is 1. The van der Waals surface area contributed by atoms with Crippen molar-refractivity contribution in [3.63, 3.8) is 0 Å². The zero-order valence-corrected chi connectivity index (χ0v) is 37.6. The molecule has 14 heteroatoms. The van der Waals surface area contributed by atoms with Gasteiger partial charge in [-0.25, -0.2) is 14.8 Å². The van der Waals surface area contributed by atoms with Crippen LogP contribution in [0.4, 0.5) is 4.79 Å². The number of methoxy groups -OCH3 is 2. The molecule has 2 aliphatic rings. The van der Waals surface area contributed by atoms with Crippen LogP contribution < -0.4 is 10.6 Å². The standard InChI is InChI=1S/C50H60N8O6/c1-8-25-57(48(60)42(30(3)9-2)56-50(62)64-7)32(5)45-51-26-40(53-45)35-19-15-33(16-20-35)34-17-21-36(22-18-34)41-27-52-46(54-41)44-31(4)39(29-63-6)28-58(44)49(61)43(37-13-11-10-12-14-37)55-47(59)38-23-24-38/h10-22,26-27,30,32,38-39,42-44H,4,8-9,23-25,28-29H2,1-3,5-7H3,(H,51,53)(H,52,54)(H,55,59)(H,56,62). The Bertz CT molecular complexity index is 2410. The molecule has 2 aromatic heterocycles. The van der Waals surface area contributed by atoms with Gasteiger partial charge in [-0.05, 0) is 65.5 Å². The van der Waals surface area contributed by atoms with Gasteiger partial charge >= 0.3 is 6.09 Å². The molecule has 14 nitrogen and oxygen atoms in total. The van der Waals surface area contributed by atoms with E-state index >= 15 is 0 Å². The van der Waals surface area contributed by atoms with Gasteiger partial charge in [0.25, 0.3) is 5.91 Å². The third kappa shape index (κ3) is 9.97. The lowest BCUT2D eigenvalue weighted by Crippen LogP contribution is -2.52. The molecule has 1 saturated carbocycles. The molecule has 1 aliphatic carbocycles. The summed E-state index contributed by atoms with van der Waals surface area (Å²) in [6.07, 6.45) is 6.05. The lowest BCUT2D eigenvalue weighted by molar-refractivity contribution is -0.138. The number of nitrogens with zero attached hydrogens (tertiary/aromatic N) is 4. The summed E-state index contributed by atoms with van der Waals surface area (Å²) in [6, 6.07) is 23.3. The Kier molecular flexibility index (Phi) is 14.4. The van der Waals surface area contributed by atoms with Crippen molar-refractivity contribution in [1.29, 1.82) is 0 Å². The average Bonchev–Trinajstić information content (AvgIpc) is 3.70.